The minimum absolute atomic E-state index is 0.0998. The van der Waals surface area contributed by atoms with E-state index in [0.717, 1.165) is 5.69 Å². The molecule has 2 amide bonds. The van der Waals surface area contributed by atoms with Crippen LogP contribution >= 0.6 is 0 Å². The number of nitrogens with two attached hydrogens (primary N) is 1. The number of piperidine rings is 1. The van der Waals surface area contributed by atoms with E-state index < -0.39 is 6.10 Å². The fourth-order valence-corrected chi connectivity index (χ4v) is 2.97. The number of carbonyl (C=O) groups is 2. The first-order valence-corrected chi connectivity index (χ1v) is 8.40. The number of likely N-dealkylation sites (tertiary alicyclic amines) is 1. The number of carbonyl (C=O) groups excluding carboxylic acids is 2. The van der Waals surface area contributed by atoms with Gasteiger partial charge in [0.1, 0.15) is 0 Å². The maximum absolute atomic E-state index is 12.5. The first kappa shape index (κ1) is 17.0. The highest BCUT2D eigenvalue weighted by molar-refractivity contribution is 5.81. The number of rotatable bonds is 5. The van der Waals surface area contributed by atoms with E-state index in [1.807, 2.05) is 30.3 Å². The van der Waals surface area contributed by atoms with Crippen molar-refractivity contribution >= 4 is 11.8 Å². The Kier molecular flexibility index (Phi) is 5.02. The van der Waals surface area contributed by atoms with E-state index in [1.54, 1.807) is 28.8 Å². The van der Waals surface area contributed by atoms with Gasteiger partial charge in [-0.1, -0.05) is 18.2 Å². The van der Waals surface area contributed by atoms with E-state index in [1.165, 1.54) is 0 Å². The Morgan fingerprint density at radius 3 is 2.52 bits per heavy atom. The topological polar surface area (TPSA) is 90.5 Å². The monoisotopic (exact) mass is 342 g/mol. The van der Waals surface area contributed by atoms with Crippen LogP contribution in [0.3, 0.4) is 0 Å². The van der Waals surface area contributed by atoms with E-state index in [9.17, 15) is 9.59 Å². The molecular formula is C18H22N4O3. The highest BCUT2D eigenvalue weighted by Crippen LogP contribution is 2.19. The molecule has 1 saturated heterocycles. The highest BCUT2D eigenvalue weighted by atomic mass is 16.5. The number of ether oxygens (including phenoxy) is 1. The Morgan fingerprint density at radius 2 is 1.88 bits per heavy atom. The van der Waals surface area contributed by atoms with E-state index in [0.29, 0.717) is 31.8 Å². The van der Waals surface area contributed by atoms with Crippen molar-refractivity contribution in [2.75, 3.05) is 13.1 Å². The van der Waals surface area contributed by atoms with Crippen LogP contribution in [-0.2, 0) is 9.59 Å². The molecule has 1 aliphatic heterocycles. The summed E-state index contributed by atoms with van der Waals surface area (Å²) in [6.07, 6.45) is 2.37. The largest absolute Gasteiger partial charge is 0.463 e. The van der Waals surface area contributed by atoms with Gasteiger partial charge in [0, 0.05) is 31.3 Å². The summed E-state index contributed by atoms with van der Waals surface area (Å²) in [5.41, 5.74) is 6.24. The first-order chi connectivity index (χ1) is 12.0. The summed E-state index contributed by atoms with van der Waals surface area (Å²) in [6, 6.07) is 11.4. The molecule has 2 N–H and O–H groups in total. The fraction of sp³-hybridized carbons (Fsp3) is 0.389. The molecule has 7 heteroatoms. The zero-order valence-electron chi connectivity index (χ0n) is 14.2. The second-order valence-electron chi connectivity index (χ2n) is 6.20. The highest BCUT2D eigenvalue weighted by Gasteiger charge is 2.29. The lowest BCUT2D eigenvalue weighted by atomic mass is 9.96. The van der Waals surface area contributed by atoms with Gasteiger partial charge in [0.2, 0.25) is 11.8 Å². The van der Waals surface area contributed by atoms with Gasteiger partial charge in [-0.25, -0.2) is 4.68 Å². The summed E-state index contributed by atoms with van der Waals surface area (Å²) < 4.78 is 7.39. The lowest BCUT2D eigenvalue weighted by molar-refractivity contribution is -0.140. The van der Waals surface area contributed by atoms with Crippen LogP contribution in [-0.4, -0.2) is 45.7 Å². The number of benzene rings is 1. The molecule has 2 aromatic rings. The summed E-state index contributed by atoms with van der Waals surface area (Å²) in [4.78, 5) is 25.4. The summed E-state index contributed by atoms with van der Waals surface area (Å²) in [5, 5.41) is 4.35. The van der Waals surface area contributed by atoms with Gasteiger partial charge in [-0.3, -0.25) is 9.59 Å². The standard InChI is InChI=1S/C18H22N4O3/c1-13(18(24)21-10-7-14(8-11-21)17(19)23)25-16-9-12-22(20-16)15-5-3-2-4-6-15/h2-6,9,12-14H,7-8,10-11H2,1H3,(H2,19,23)/t13-/m1/s1. The van der Waals surface area contributed by atoms with Gasteiger partial charge < -0.3 is 15.4 Å². The molecule has 0 saturated carbocycles. The molecule has 0 bridgehead atoms. The third-order valence-corrected chi connectivity index (χ3v) is 4.44. The molecule has 25 heavy (non-hydrogen) atoms. The van der Waals surface area contributed by atoms with Gasteiger partial charge in [0.05, 0.1) is 5.69 Å². The number of nitrogens with zero attached hydrogens (tertiary/aromatic N) is 3. The zero-order valence-corrected chi connectivity index (χ0v) is 14.2. The van der Waals surface area contributed by atoms with E-state index in [2.05, 4.69) is 5.10 Å². The predicted molar refractivity (Wildman–Crippen MR) is 92.2 cm³/mol. The average molecular weight is 342 g/mol. The molecule has 1 atom stereocenters. The zero-order chi connectivity index (χ0) is 17.8. The second-order valence-corrected chi connectivity index (χ2v) is 6.20. The van der Waals surface area contributed by atoms with Gasteiger partial charge in [0.15, 0.2) is 6.10 Å². The smallest absolute Gasteiger partial charge is 0.263 e. The van der Waals surface area contributed by atoms with Crippen LogP contribution in [0.15, 0.2) is 42.6 Å². The molecule has 0 aliphatic carbocycles. The number of aromatic nitrogens is 2. The molecule has 2 heterocycles. The van der Waals surface area contributed by atoms with Gasteiger partial charge in [-0.2, -0.15) is 0 Å². The van der Waals surface area contributed by atoms with Crippen LogP contribution in [0.4, 0.5) is 0 Å². The lowest BCUT2D eigenvalue weighted by Gasteiger charge is -2.32. The molecular weight excluding hydrogens is 320 g/mol. The average Bonchev–Trinajstić information content (AvgIpc) is 3.10. The Hall–Kier alpha value is -2.83. The lowest BCUT2D eigenvalue weighted by Crippen LogP contribution is -2.46. The van der Waals surface area contributed by atoms with Crippen molar-refractivity contribution in [2.24, 2.45) is 11.7 Å². The van der Waals surface area contributed by atoms with Crippen molar-refractivity contribution in [3.63, 3.8) is 0 Å². The summed E-state index contributed by atoms with van der Waals surface area (Å²) in [6.45, 7) is 2.77. The Bertz CT molecular complexity index is 736. The fourth-order valence-electron chi connectivity index (χ4n) is 2.97. The maximum atomic E-state index is 12.5. The van der Waals surface area contributed by atoms with Crippen LogP contribution in [0.5, 0.6) is 5.88 Å². The minimum atomic E-state index is -0.635. The number of hydrogen-bond donors (Lipinski definition) is 1. The number of primary amides is 1. The van der Waals surface area contributed by atoms with Crippen molar-refractivity contribution < 1.29 is 14.3 Å². The van der Waals surface area contributed by atoms with Crippen molar-refractivity contribution in [3.05, 3.63) is 42.6 Å². The third kappa shape index (κ3) is 3.99. The molecule has 1 aliphatic rings. The van der Waals surface area contributed by atoms with Crippen LogP contribution in [0.1, 0.15) is 19.8 Å². The molecule has 0 spiro atoms. The Labute approximate surface area is 146 Å². The van der Waals surface area contributed by atoms with Gasteiger partial charge in [-0.05, 0) is 31.9 Å². The number of para-hydroxylation sites is 1. The summed E-state index contributed by atoms with van der Waals surface area (Å²) in [7, 11) is 0. The van der Waals surface area contributed by atoms with Gasteiger partial charge in [0.25, 0.3) is 5.91 Å². The molecule has 132 valence electrons. The van der Waals surface area contributed by atoms with E-state index in [-0.39, 0.29) is 17.7 Å². The first-order valence-electron chi connectivity index (χ1n) is 8.40. The van der Waals surface area contributed by atoms with Crippen LogP contribution in [0.2, 0.25) is 0 Å². The molecule has 1 aromatic carbocycles. The quantitative estimate of drug-likeness (QED) is 0.888. The SMILES string of the molecule is C[C@@H](Oc1ccn(-c2ccccc2)n1)C(=O)N1CCC(C(N)=O)CC1. The predicted octanol–water partition coefficient (Wildman–Crippen LogP) is 1.36. The van der Waals surface area contributed by atoms with Crippen LogP contribution in [0, 0.1) is 5.92 Å². The Balaban J connectivity index is 1.57. The van der Waals surface area contributed by atoms with Crippen LogP contribution in [0.25, 0.3) is 5.69 Å². The second kappa shape index (κ2) is 7.38. The molecule has 1 fully saturated rings. The van der Waals surface area contributed by atoms with E-state index in [4.69, 9.17) is 10.5 Å². The summed E-state index contributed by atoms with van der Waals surface area (Å²) >= 11 is 0. The summed E-state index contributed by atoms with van der Waals surface area (Å²) in [5.74, 6) is -0.126. The van der Waals surface area contributed by atoms with Crippen molar-refractivity contribution in [1.82, 2.24) is 14.7 Å². The molecule has 1 aromatic heterocycles. The van der Waals surface area contributed by atoms with E-state index >= 15 is 0 Å². The number of amides is 2. The minimum Gasteiger partial charge on any atom is -0.463 e. The Morgan fingerprint density at radius 1 is 1.20 bits per heavy atom. The molecule has 7 nitrogen and oxygen atoms in total. The molecule has 0 radical (unpaired) electrons. The van der Waals surface area contributed by atoms with Gasteiger partial charge in [-0.15, -0.1) is 5.10 Å². The third-order valence-electron chi connectivity index (χ3n) is 4.44. The molecule has 0 unspecified atom stereocenters. The van der Waals surface area contributed by atoms with Gasteiger partial charge >= 0.3 is 0 Å². The normalized spacial score (nSPS) is 16.4. The molecule has 3 rings (SSSR count). The van der Waals surface area contributed by atoms with Crippen LogP contribution < -0.4 is 10.5 Å². The number of hydrogen-bond acceptors (Lipinski definition) is 4. The van der Waals surface area contributed by atoms with Crippen molar-refractivity contribution in [2.45, 2.75) is 25.9 Å². The maximum Gasteiger partial charge on any atom is 0.263 e. The van der Waals surface area contributed by atoms with Crippen molar-refractivity contribution in [1.29, 1.82) is 0 Å². The van der Waals surface area contributed by atoms with Crippen molar-refractivity contribution in [3.8, 4) is 11.6 Å².